The second-order valence-corrected chi connectivity index (χ2v) is 3.68. The highest BCUT2D eigenvalue weighted by molar-refractivity contribution is 5.42. The van der Waals surface area contributed by atoms with Crippen molar-refractivity contribution in [2.45, 2.75) is 25.7 Å². The average Bonchev–Trinajstić information content (AvgIpc) is 2.26. The first kappa shape index (κ1) is 9.53. The number of hydrogen-bond acceptors (Lipinski definition) is 2. The van der Waals surface area contributed by atoms with Gasteiger partial charge in [0.1, 0.15) is 5.75 Å². The van der Waals surface area contributed by atoms with Gasteiger partial charge in [0.15, 0.2) is 0 Å². The Hall–Kier alpha value is -1.02. The highest BCUT2D eigenvalue weighted by Gasteiger charge is 2.13. The van der Waals surface area contributed by atoms with E-state index in [1.54, 1.807) is 0 Å². The van der Waals surface area contributed by atoms with E-state index in [0.29, 0.717) is 0 Å². The van der Waals surface area contributed by atoms with Crippen molar-refractivity contribution in [3.05, 3.63) is 29.3 Å². The highest BCUT2D eigenvalue weighted by atomic mass is 16.5. The van der Waals surface area contributed by atoms with Crippen molar-refractivity contribution in [3.63, 3.8) is 0 Å². The quantitative estimate of drug-likeness (QED) is 0.793. The molecule has 0 atom stereocenters. The predicted octanol–water partition coefficient (Wildman–Crippen LogP) is 1.94. The van der Waals surface area contributed by atoms with Crippen LogP contribution in [0.1, 0.15) is 24.0 Å². The van der Waals surface area contributed by atoms with Crippen molar-refractivity contribution in [3.8, 4) is 5.75 Å². The lowest BCUT2D eigenvalue weighted by Gasteiger charge is -2.20. The molecule has 1 aliphatic heterocycles. The monoisotopic (exact) mass is 192 g/mol. The van der Waals surface area contributed by atoms with Crippen LogP contribution in [0.3, 0.4) is 0 Å². The summed E-state index contributed by atoms with van der Waals surface area (Å²) in [6.07, 6.45) is 3.98. The first-order valence-corrected chi connectivity index (χ1v) is 5.26. The van der Waals surface area contributed by atoms with Gasteiger partial charge in [-0.1, -0.05) is 18.2 Å². The molecule has 1 aromatic rings. The van der Waals surface area contributed by atoms with Gasteiger partial charge >= 0.3 is 0 Å². The maximum atomic E-state index is 8.79. The highest BCUT2D eigenvalue weighted by Crippen LogP contribution is 2.29. The second kappa shape index (κ2) is 4.47. The Balaban J connectivity index is 2.21. The van der Waals surface area contributed by atoms with Crippen molar-refractivity contribution in [2.75, 3.05) is 13.2 Å². The fourth-order valence-corrected chi connectivity index (χ4v) is 1.92. The van der Waals surface area contributed by atoms with Crippen LogP contribution in [0.15, 0.2) is 18.2 Å². The number of para-hydroxylation sites is 1. The molecule has 0 fully saturated rings. The topological polar surface area (TPSA) is 29.5 Å². The Morgan fingerprint density at radius 3 is 3.14 bits per heavy atom. The first-order chi connectivity index (χ1) is 6.92. The van der Waals surface area contributed by atoms with E-state index in [1.165, 1.54) is 11.1 Å². The Bertz CT molecular complexity index is 307. The molecule has 1 N–H and O–H groups in total. The minimum atomic E-state index is 0.254. The zero-order valence-corrected chi connectivity index (χ0v) is 8.33. The molecule has 0 spiro atoms. The van der Waals surface area contributed by atoms with Crippen molar-refractivity contribution >= 4 is 0 Å². The van der Waals surface area contributed by atoms with E-state index >= 15 is 0 Å². The van der Waals surface area contributed by atoms with Gasteiger partial charge in [0.25, 0.3) is 0 Å². The van der Waals surface area contributed by atoms with Crippen LogP contribution < -0.4 is 4.74 Å². The summed E-state index contributed by atoms with van der Waals surface area (Å²) in [6, 6.07) is 6.32. The van der Waals surface area contributed by atoms with Crippen molar-refractivity contribution in [2.24, 2.45) is 0 Å². The van der Waals surface area contributed by atoms with Gasteiger partial charge in [-0.25, -0.2) is 0 Å². The SMILES string of the molecule is OCCCc1cccc2c1OCCC2. The number of aliphatic hydroxyl groups excluding tert-OH is 1. The largest absolute Gasteiger partial charge is 0.493 e. The lowest BCUT2D eigenvalue weighted by Crippen LogP contribution is -2.10. The Morgan fingerprint density at radius 1 is 1.36 bits per heavy atom. The fourth-order valence-electron chi connectivity index (χ4n) is 1.92. The molecular weight excluding hydrogens is 176 g/mol. The van der Waals surface area contributed by atoms with E-state index < -0.39 is 0 Å². The van der Waals surface area contributed by atoms with Crippen LogP contribution in [-0.4, -0.2) is 18.3 Å². The molecule has 76 valence electrons. The number of rotatable bonds is 3. The first-order valence-electron chi connectivity index (χ1n) is 5.26. The summed E-state index contributed by atoms with van der Waals surface area (Å²) in [6.45, 7) is 1.09. The maximum Gasteiger partial charge on any atom is 0.125 e. The molecule has 1 aromatic carbocycles. The molecular formula is C12H16O2. The Kier molecular flexibility index (Phi) is 3.04. The van der Waals surface area contributed by atoms with Crippen LogP contribution in [0.2, 0.25) is 0 Å². The Labute approximate surface area is 84.5 Å². The molecule has 0 aromatic heterocycles. The van der Waals surface area contributed by atoms with Crippen molar-refractivity contribution in [1.29, 1.82) is 0 Å². The van der Waals surface area contributed by atoms with Gasteiger partial charge in [0, 0.05) is 6.61 Å². The third kappa shape index (κ3) is 1.90. The van der Waals surface area contributed by atoms with Crippen LogP contribution in [-0.2, 0) is 12.8 Å². The van der Waals surface area contributed by atoms with Gasteiger partial charge in [-0.15, -0.1) is 0 Å². The summed E-state index contributed by atoms with van der Waals surface area (Å²) < 4.78 is 5.67. The summed E-state index contributed by atoms with van der Waals surface area (Å²) in [5.41, 5.74) is 2.57. The van der Waals surface area contributed by atoms with Crippen molar-refractivity contribution < 1.29 is 9.84 Å². The summed E-state index contributed by atoms with van der Waals surface area (Å²) in [5.74, 6) is 1.08. The minimum Gasteiger partial charge on any atom is -0.493 e. The predicted molar refractivity (Wildman–Crippen MR) is 55.7 cm³/mol. The molecule has 0 radical (unpaired) electrons. The zero-order valence-electron chi connectivity index (χ0n) is 8.33. The van der Waals surface area contributed by atoms with E-state index in [2.05, 4.69) is 18.2 Å². The molecule has 2 rings (SSSR count). The normalized spacial score (nSPS) is 14.6. The summed E-state index contributed by atoms with van der Waals surface area (Å²) in [4.78, 5) is 0. The molecule has 0 aliphatic carbocycles. The van der Waals surface area contributed by atoms with E-state index in [4.69, 9.17) is 9.84 Å². The van der Waals surface area contributed by atoms with E-state index in [1.807, 2.05) is 0 Å². The second-order valence-electron chi connectivity index (χ2n) is 3.68. The molecule has 0 amide bonds. The molecule has 2 heteroatoms. The third-order valence-electron chi connectivity index (χ3n) is 2.62. The van der Waals surface area contributed by atoms with Crippen molar-refractivity contribution in [1.82, 2.24) is 0 Å². The summed E-state index contributed by atoms with van der Waals surface area (Å²) in [7, 11) is 0. The fraction of sp³-hybridized carbons (Fsp3) is 0.500. The minimum absolute atomic E-state index is 0.254. The number of benzene rings is 1. The Morgan fingerprint density at radius 2 is 2.29 bits per heavy atom. The van der Waals surface area contributed by atoms with Gasteiger partial charge in [0.2, 0.25) is 0 Å². The molecule has 0 saturated carbocycles. The molecule has 14 heavy (non-hydrogen) atoms. The van der Waals surface area contributed by atoms with Gasteiger partial charge in [-0.3, -0.25) is 0 Å². The number of aliphatic hydroxyl groups is 1. The van der Waals surface area contributed by atoms with Crippen LogP contribution in [0, 0.1) is 0 Å². The van der Waals surface area contributed by atoms with Gasteiger partial charge in [-0.05, 0) is 36.8 Å². The molecule has 2 nitrogen and oxygen atoms in total. The maximum absolute atomic E-state index is 8.79. The van der Waals surface area contributed by atoms with Crippen LogP contribution in [0.4, 0.5) is 0 Å². The number of aryl methyl sites for hydroxylation is 2. The molecule has 1 aliphatic rings. The lowest BCUT2D eigenvalue weighted by molar-refractivity contribution is 0.276. The zero-order chi connectivity index (χ0) is 9.80. The smallest absolute Gasteiger partial charge is 0.125 e. The summed E-state index contributed by atoms with van der Waals surface area (Å²) in [5, 5.41) is 8.79. The van der Waals surface area contributed by atoms with E-state index in [-0.39, 0.29) is 6.61 Å². The molecule has 1 heterocycles. The summed E-state index contributed by atoms with van der Waals surface area (Å²) >= 11 is 0. The van der Waals surface area contributed by atoms with Crippen LogP contribution in [0.25, 0.3) is 0 Å². The van der Waals surface area contributed by atoms with Gasteiger partial charge < -0.3 is 9.84 Å². The standard InChI is InChI=1S/C12H16O2/c13-8-2-6-10-4-1-5-11-7-3-9-14-12(10)11/h1,4-5,13H,2-3,6-9H2. The average molecular weight is 192 g/mol. The van der Waals surface area contributed by atoms with E-state index in [9.17, 15) is 0 Å². The molecule has 0 unspecified atom stereocenters. The van der Waals surface area contributed by atoms with E-state index in [0.717, 1.165) is 38.0 Å². The third-order valence-corrected chi connectivity index (χ3v) is 2.62. The number of ether oxygens (including phenoxy) is 1. The van der Waals surface area contributed by atoms with Gasteiger partial charge in [-0.2, -0.15) is 0 Å². The van der Waals surface area contributed by atoms with Crippen LogP contribution >= 0.6 is 0 Å². The number of fused-ring (bicyclic) bond motifs is 1. The number of hydrogen-bond donors (Lipinski definition) is 1. The van der Waals surface area contributed by atoms with Crippen LogP contribution in [0.5, 0.6) is 5.75 Å². The molecule has 0 saturated heterocycles. The molecule has 0 bridgehead atoms. The lowest BCUT2D eigenvalue weighted by atomic mass is 10.00. The van der Waals surface area contributed by atoms with Gasteiger partial charge in [0.05, 0.1) is 6.61 Å².